The molecule has 2 heterocycles. The summed E-state index contributed by atoms with van der Waals surface area (Å²) in [5.74, 6) is 1.18. The van der Waals surface area contributed by atoms with Crippen LogP contribution in [0.3, 0.4) is 0 Å². The van der Waals surface area contributed by atoms with E-state index in [1.165, 1.54) is 11.5 Å². The standard InChI is InChI=1S/C11H16N2/c1-8-5-6-9-10(12-8)13(9)7-11(2,3)4/h5-6H,7H2,1-4H3. The second-order valence-corrected chi connectivity index (χ2v) is 4.94. The molecule has 0 amide bonds. The maximum Gasteiger partial charge on any atom is 0.157 e. The fourth-order valence-electron chi connectivity index (χ4n) is 1.52. The van der Waals surface area contributed by atoms with E-state index < -0.39 is 0 Å². The normalized spacial score (nSPS) is 14.3. The Bertz CT molecular complexity index is 336. The van der Waals surface area contributed by atoms with Crippen molar-refractivity contribution in [3.8, 4) is 0 Å². The second kappa shape index (κ2) is 2.47. The van der Waals surface area contributed by atoms with Crippen molar-refractivity contribution in [1.82, 2.24) is 4.98 Å². The minimum absolute atomic E-state index is 0.342. The number of pyridine rings is 1. The number of hydrogen-bond donors (Lipinski definition) is 0. The molecule has 0 bridgehead atoms. The molecule has 1 aliphatic heterocycles. The highest BCUT2D eigenvalue weighted by molar-refractivity contribution is 5.89. The molecule has 0 unspecified atom stereocenters. The first-order chi connectivity index (χ1) is 5.97. The summed E-state index contributed by atoms with van der Waals surface area (Å²) >= 11 is 0. The second-order valence-electron chi connectivity index (χ2n) is 4.94. The minimum atomic E-state index is 0.342. The van der Waals surface area contributed by atoms with Crippen molar-refractivity contribution in [3.63, 3.8) is 0 Å². The van der Waals surface area contributed by atoms with Crippen LogP contribution in [0.2, 0.25) is 0 Å². The van der Waals surface area contributed by atoms with E-state index >= 15 is 0 Å². The fraction of sp³-hybridized carbons (Fsp3) is 0.545. The van der Waals surface area contributed by atoms with Crippen LogP contribution in [-0.4, -0.2) is 11.5 Å². The van der Waals surface area contributed by atoms with Gasteiger partial charge in [-0.3, -0.25) is 0 Å². The summed E-state index contributed by atoms with van der Waals surface area (Å²) in [6.07, 6.45) is 0. The summed E-state index contributed by atoms with van der Waals surface area (Å²) in [6.45, 7) is 9.85. The van der Waals surface area contributed by atoms with Gasteiger partial charge in [0.25, 0.3) is 0 Å². The minimum Gasteiger partial charge on any atom is -0.321 e. The van der Waals surface area contributed by atoms with Gasteiger partial charge in [0.15, 0.2) is 5.82 Å². The third-order valence-corrected chi connectivity index (χ3v) is 2.12. The molecule has 1 aromatic heterocycles. The zero-order valence-electron chi connectivity index (χ0n) is 8.76. The van der Waals surface area contributed by atoms with Crippen LogP contribution in [0.4, 0.5) is 11.5 Å². The average Bonchev–Trinajstić information content (AvgIpc) is 2.59. The molecule has 0 radical (unpaired) electrons. The molecule has 0 N–H and O–H groups in total. The number of anilines is 2. The SMILES string of the molecule is Cc1ccc2c(n1)N2CC(C)(C)C. The summed E-state index contributed by atoms with van der Waals surface area (Å²) < 4.78 is 0. The van der Waals surface area contributed by atoms with Gasteiger partial charge in [-0.05, 0) is 24.5 Å². The molecule has 70 valence electrons. The predicted octanol–water partition coefficient (Wildman–Crippen LogP) is 2.89. The Kier molecular flexibility index (Phi) is 1.62. The van der Waals surface area contributed by atoms with Gasteiger partial charge in [0.05, 0.1) is 5.69 Å². The van der Waals surface area contributed by atoms with Crippen molar-refractivity contribution in [2.45, 2.75) is 27.7 Å². The Morgan fingerprint density at radius 2 is 2.00 bits per heavy atom. The van der Waals surface area contributed by atoms with Gasteiger partial charge in [-0.1, -0.05) is 20.8 Å². The average molecular weight is 176 g/mol. The van der Waals surface area contributed by atoms with Crippen LogP contribution >= 0.6 is 0 Å². The van der Waals surface area contributed by atoms with E-state index in [1.807, 2.05) is 6.92 Å². The monoisotopic (exact) mass is 176 g/mol. The first kappa shape index (κ1) is 8.54. The van der Waals surface area contributed by atoms with Crippen molar-refractivity contribution >= 4 is 11.5 Å². The topological polar surface area (TPSA) is 15.9 Å². The molecule has 0 saturated carbocycles. The number of hydrogen-bond acceptors (Lipinski definition) is 2. The lowest BCUT2D eigenvalue weighted by molar-refractivity contribution is 0.431. The number of aryl methyl sites for hydroxylation is 1. The van der Waals surface area contributed by atoms with E-state index in [2.05, 4.69) is 42.8 Å². The summed E-state index contributed by atoms with van der Waals surface area (Å²) in [4.78, 5) is 6.74. The Labute approximate surface area is 79.6 Å². The van der Waals surface area contributed by atoms with Crippen molar-refractivity contribution in [2.24, 2.45) is 5.41 Å². The van der Waals surface area contributed by atoms with Gasteiger partial charge in [-0.15, -0.1) is 0 Å². The number of fused-ring (bicyclic) bond motifs is 1. The van der Waals surface area contributed by atoms with Crippen LogP contribution in [0.1, 0.15) is 26.5 Å². The Morgan fingerprint density at radius 3 is 2.54 bits per heavy atom. The van der Waals surface area contributed by atoms with Gasteiger partial charge in [-0.25, -0.2) is 4.98 Å². The highest BCUT2D eigenvalue weighted by atomic mass is 15.3. The molecule has 2 rings (SSSR count). The van der Waals surface area contributed by atoms with Crippen molar-refractivity contribution in [3.05, 3.63) is 17.8 Å². The lowest BCUT2D eigenvalue weighted by Gasteiger charge is -2.18. The van der Waals surface area contributed by atoms with E-state index in [-0.39, 0.29) is 0 Å². The van der Waals surface area contributed by atoms with Crippen LogP contribution in [0.5, 0.6) is 0 Å². The molecule has 2 heteroatoms. The van der Waals surface area contributed by atoms with E-state index in [9.17, 15) is 0 Å². The number of aromatic nitrogens is 1. The first-order valence-corrected chi connectivity index (χ1v) is 4.72. The molecular formula is C11H16N2. The van der Waals surface area contributed by atoms with Crippen LogP contribution in [0.25, 0.3) is 0 Å². The van der Waals surface area contributed by atoms with Gasteiger partial charge in [0.1, 0.15) is 0 Å². The molecule has 0 fully saturated rings. The molecule has 0 atom stereocenters. The Balaban J connectivity index is 2.11. The molecule has 1 aromatic rings. The lowest BCUT2D eigenvalue weighted by atomic mass is 9.97. The fourth-order valence-corrected chi connectivity index (χ4v) is 1.52. The number of rotatable bonds is 1. The molecule has 0 saturated heterocycles. The summed E-state index contributed by atoms with van der Waals surface area (Å²) in [5.41, 5.74) is 2.75. The van der Waals surface area contributed by atoms with Crippen molar-refractivity contribution < 1.29 is 0 Å². The van der Waals surface area contributed by atoms with Crippen LogP contribution in [0.15, 0.2) is 12.1 Å². The molecule has 0 spiro atoms. The van der Waals surface area contributed by atoms with E-state index in [0.29, 0.717) is 5.41 Å². The molecular weight excluding hydrogens is 160 g/mol. The number of nitrogens with zero attached hydrogens (tertiary/aromatic N) is 2. The lowest BCUT2D eigenvalue weighted by Crippen LogP contribution is -2.20. The Morgan fingerprint density at radius 1 is 1.31 bits per heavy atom. The van der Waals surface area contributed by atoms with E-state index in [1.54, 1.807) is 0 Å². The predicted molar refractivity (Wildman–Crippen MR) is 55.4 cm³/mol. The maximum absolute atomic E-state index is 4.46. The maximum atomic E-state index is 4.46. The summed E-state index contributed by atoms with van der Waals surface area (Å²) in [7, 11) is 0. The largest absolute Gasteiger partial charge is 0.321 e. The van der Waals surface area contributed by atoms with Gasteiger partial charge in [-0.2, -0.15) is 0 Å². The summed E-state index contributed by atoms with van der Waals surface area (Å²) in [6, 6.07) is 4.23. The first-order valence-electron chi connectivity index (χ1n) is 4.72. The zero-order valence-corrected chi connectivity index (χ0v) is 8.76. The van der Waals surface area contributed by atoms with Gasteiger partial charge in [0.2, 0.25) is 0 Å². The third kappa shape index (κ3) is 1.67. The molecule has 2 nitrogen and oxygen atoms in total. The van der Waals surface area contributed by atoms with Crippen LogP contribution in [-0.2, 0) is 0 Å². The Hall–Kier alpha value is -1.05. The van der Waals surface area contributed by atoms with Crippen molar-refractivity contribution in [1.29, 1.82) is 0 Å². The van der Waals surface area contributed by atoms with Crippen LogP contribution in [0, 0.1) is 12.3 Å². The van der Waals surface area contributed by atoms with Crippen LogP contribution < -0.4 is 4.90 Å². The quantitative estimate of drug-likeness (QED) is 0.611. The smallest absolute Gasteiger partial charge is 0.157 e. The third-order valence-electron chi connectivity index (χ3n) is 2.12. The highest BCUT2D eigenvalue weighted by Crippen LogP contribution is 2.47. The molecule has 0 aliphatic carbocycles. The van der Waals surface area contributed by atoms with Gasteiger partial charge < -0.3 is 4.90 Å². The molecule has 13 heavy (non-hydrogen) atoms. The van der Waals surface area contributed by atoms with Crippen molar-refractivity contribution in [2.75, 3.05) is 11.4 Å². The van der Waals surface area contributed by atoms with E-state index in [0.717, 1.165) is 12.2 Å². The molecule has 0 aromatic carbocycles. The molecule has 1 aliphatic rings. The van der Waals surface area contributed by atoms with E-state index in [4.69, 9.17) is 0 Å². The van der Waals surface area contributed by atoms with Gasteiger partial charge in [0, 0.05) is 12.2 Å². The summed E-state index contributed by atoms with van der Waals surface area (Å²) in [5, 5.41) is 0. The highest BCUT2D eigenvalue weighted by Gasteiger charge is 2.33. The van der Waals surface area contributed by atoms with Gasteiger partial charge >= 0.3 is 0 Å². The zero-order chi connectivity index (χ0) is 9.64.